The van der Waals surface area contributed by atoms with Crippen LogP contribution in [0.2, 0.25) is 0 Å². The topological polar surface area (TPSA) is 38.5 Å². The second-order valence-electron chi connectivity index (χ2n) is 4.67. The Bertz CT molecular complexity index is 190. The van der Waals surface area contributed by atoms with Crippen molar-refractivity contribution >= 4 is 0 Å². The third-order valence-corrected chi connectivity index (χ3v) is 3.76. The van der Waals surface area contributed by atoms with Crippen LogP contribution in [0, 0.1) is 5.92 Å². The molecule has 3 aliphatic rings. The zero-order valence-corrected chi connectivity index (χ0v) is 9.17. The molecule has 0 aromatic carbocycles. The lowest BCUT2D eigenvalue weighted by molar-refractivity contribution is -0.146. The van der Waals surface area contributed by atoms with Crippen LogP contribution in [0.4, 0.5) is 0 Å². The van der Waals surface area contributed by atoms with Crippen molar-refractivity contribution in [2.45, 2.75) is 31.8 Å². The van der Waals surface area contributed by atoms with Crippen molar-refractivity contribution in [2.75, 3.05) is 32.8 Å². The molecule has 0 spiro atoms. The second-order valence-corrected chi connectivity index (χ2v) is 4.67. The fourth-order valence-corrected chi connectivity index (χ4v) is 2.88. The first-order valence-electron chi connectivity index (χ1n) is 5.87. The summed E-state index contributed by atoms with van der Waals surface area (Å²) in [6.45, 7) is 7.28. The molecule has 3 fully saturated rings. The van der Waals surface area contributed by atoms with Crippen molar-refractivity contribution in [1.82, 2.24) is 4.90 Å². The van der Waals surface area contributed by atoms with Crippen LogP contribution in [0.1, 0.15) is 26.2 Å². The highest BCUT2D eigenvalue weighted by Crippen LogP contribution is 2.37. The molecule has 3 nitrogen and oxygen atoms in total. The average molecular weight is 198 g/mol. The Labute approximate surface area is 86.6 Å². The van der Waals surface area contributed by atoms with Gasteiger partial charge in [-0.1, -0.05) is 6.92 Å². The Hall–Kier alpha value is -0.120. The summed E-state index contributed by atoms with van der Waals surface area (Å²) in [5, 5.41) is 0. The maximum absolute atomic E-state index is 6.04. The van der Waals surface area contributed by atoms with Crippen LogP contribution in [0.5, 0.6) is 0 Å². The van der Waals surface area contributed by atoms with Gasteiger partial charge in [0.1, 0.15) is 0 Å². The lowest BCUT2D eigenvalue weighted by Crippen LogP contribution is -2.63. The Morgan fingerprint density at radius 3 is 2.57 bits per heavy atom. The molecule has 0 aromatic rings. The van der Waals surface area contributed by atoms with E-state index in [1.54, 1.807) is 0 Å². The molecule has 2 N–H and O–H groups in total. The summed E-state index contributed by atoms with van der Waals surface area (Å²) in [6, 6.07) is 0. The van der Waals surface area contributed by atoms with Crippen LogP contribution in [0.3, 0.4) is 0 Å². The zero-order chi connectivity index (χ0) is 10.0. The van der Waals surface area contributed by atoms with Crippen molar-refractivity contribution < 1.29 is 4.74 Å². The fourth-order valence-electron chi connectivity index (χ4n) is 2.88. The van der Waals surface area contributed by atoms with E-state index in [1.807, 2.05) is 0 Å². The van der Waals surface area contributed by atoms with Crippen molar-refractivity contribution in [1.29, 1.82) is 0 Å². The molecule has 3 heterocycles. The van der Waals surface area contributed by atoms with Gasteiger partial charge in [0, 0.05) is 19.7 Å². The van der Waals surface area contributed by atoms with Crippen molar-refractivity contribution in [3.63, 3.8) is 0 Å². The third kappa shape index (κ3) is 1.69. The van der Waals surface area contributed by atoms with Crippen molar-refractivity contribution in [3.8, 4) is 0 Å². The van der Waals surface area contributed by atoms with Crippen LogP contribution < -0.4 is 5.73 Å². The lowest BCUT2D eigenvalue weighted by Gasteiger charge is -2.52. The van der Waals surface area contributed by atoms with Crippen molar-refractivity contribution in [2.24, 2.45) is 11.7 Å². The normalized spacial score (nSPS) is 41.6. The first-order valence-corrected chi connectivity index (χ1v) is 5.87. The van der Waals surface area contributed by atoms with E-state index < -0.39 is 0 Å². The SMILES string of the molecule is CCCOC1(CN)CN2CCC1CC2. The van der Waals surface area contributed by atoms with Gasteiger partial charge >= 0.3 is 0 Å². The maximum atomic E-state index is 6.04. The fraction of sp³-hybridized carbons (Fsp3) is 1.00. The Morgan fingerprint density at radius 1 is 1.43 bits per heavy atom. The minimum atomic E-state index is -0.00743. The summed E-state index contributed by atoms with van der Waals surface area (Å²) in [5.41, 5.74) is 5.91. The Morgan fingerprint density at radius 2 is 2.14 bits per heavy atom. The number of nitrogens with zero attached hydrogens (tertiary/aromatic N) is 1. The van der Waals surface area contributed by atoms with E-state index in [4.69, 9.17) is 10.5 Å². The molecule has 3 heteroatoms. The van der Waals surface area contributed by atoms with E-state index in [9.17, 15) is 0 Å². The van der Waals surface area contributed by atoms with E-state index in [-0.39, 0.29) is 5.60 Å². The first-order chi connectivity index (χ1) is 6.80. The molecular formula is C11H22N2O. The molecule has 82 valence electrons. The van der Waals surface area contributed by atoms with Crippen LogP contribution in [-0.4, -0.2) is 43.3 Å². The maximum Gasteiger partial charge on any atom is 0.0958 e. The van der Waals surface area contributed by atoms with Gasteiger partial charge in [-0.3, -0.25) is 0 Å². The van der Waals surface area contributed by atoms with Gasteiger partial charge < -0.3 is 15.4 Å². The van der Waals surface area contributed by atoms with E-state index in [1.165, 1.54) is 25.9 Å². The third-order valence-electron chi connectivity index (χ3n) is 3.76. The van der Waals surface area contributed by atoms with Gasteiger partial charge in [-0.05, 0) is 38.3 Å². The van der Waals surface area contributed by atoms with E-state index >= 15 is 0 Å². The minimum absolute atomic E-state index is 0.00743. The van der Waals surface area contributed by atoms with Gasteiger partial charge in [0.05, 0.1) is 5.60 Å². The number of hydrogen-bond donors (Lipinski definition) is 1. The zero-order valence-electron chi connectivity index (χ0n) is 9.17. The molecule has 1 atom stereocenters. The smallest absolute Gasteiger partial charge is 0.0958 e. The number of fused-ring (bicyclic) bond motifs is 3. The monoisotopic (exact) mass is 198 g/mol. The summed E-state index contributed by atoms with van der Waals surface area (Å²) in [7, 11) is 0. The molecule has 1 unspecified atom stereocenters. The van der Waals surface area contributed by atoms with Gasteiger partial charge in [-0.25, -0.2) is 0 Å². The molecule has 0 aliphatic carbocycles. The van der Waals surface area contributed by atoms with Crippen LogP contribution in [0.15, 0.2) is 0 Å². The number of ether oxygens (including phenoxy) is 1. The number of nitrogens with two attached hydrogens (primary N) is 1. The van der Waals surface area contributed by atoms with Gasteiger partial charge in [0.15, 0.2) is 0 Å². The highest BCUT2D eigenvalue weighted by Gasteiger charge is 2.46. The molecule has 0 saturated carbocycles. The largest absolute Gasteiger partial charge is 0.372 e. The van der Waals surface area contributed by atoms with Crippen LogP contribution in [-0.2, 0) is 4.74 Å². The number of rotatable bonds is 4. The predicted molar refractivity (Wildman–Crippen MR) is 57.2 cm³/mol. The molecular weight excluding hydrogens is 176 g/mol. The summed E-state index contributed by atoms with van der Waals surface area (Å²) in [6.07, 6.45) is 3.65. The van der Waals surface area contributed by atoms with Crippen molar-refractivity contribution in [3.05, 3.63) is 0 Å². The molecule has 14 heavy (non-hydrogen) atoms. The highest BCUT2D eigenvalue weighted by molar-refractivity contribution is 5.00. The second kappa shape index (κ2) is 4.17. The Kier molecular flexibility index (Phi) is 3.10. The highest BCUT2D eigenvalue weighted by atomic mass is 16.5. The first kappa shape index (κ1) is 10.4. The number of piperidine rings is 3. The molecule has 2 bridgehead atoms. The van der Waals surface area contributed by atoms with Crippen LogP contribution in [0.25, 0.3) is 0 Å². The van der Waals surface area contributed by atoms with Gasteiger partial charge in [0.25, 0.3) is 0 Å². The average Bonchev–Trinajstić information content (AvgIpc) is 2.28. The van der Waals surface area contributed by atoms with Gasteiger partial charge in [-0.15, -0.1) is 0 Å². The minimum Gasteiger partial charge on any atom is -0.372 e. The van der Waals surface area contributed by atoms with E-state index in [0.29, 0.717) is 12.5 Å². The summed E-state index contributed by atoms with van der Waals surface area (Å²) in [4.78, 5) is 2.50. The predicted octanol–water partition coefficient (Wildman–Crippen LogP) is 0.836. The molecule has 3 rings (SSSR count). The molecule has 0 amide bonds. The summed E-state index contributed by atoms with van der Waals surface area (Å²) < 4.78 is 6.04. The standard InChI is InChI=1S/C11H22N2O/c1-2-7-14-11(8-12)9-13-5-3-10(11)4-6-13/h10H,2-9,12H2,1H3. The summed E-state index contributed by atoms with van der Waals surface area (Å²) >= 11 is 0. The van der Waals surface area contributed by atoms with Crippen LogP contribution >= 0.6 is 0 Å². The molecule has 3 aliphatic heterocycles. The molecule has 0 aromatic heterocycles. The Balaban J connectivity index is 2.03. The van der Waals surface area contributed by atoms with E-state index in [2.05, 4.69) is 11.8 Å². The number of hydrogen-bond acceptors (Lipinski definition) is 3. The van der Waals surface area contributed by atoms with Gasteiger partial charge in [-0.2, -0.15) is 0 Å². The molecule has 3 saturated heterocycles. The lowest BCUT2D eigenvalue weighted by atomic mass is 9.75. The summed E-state index contributed by atoms with van der Waals surface area (Å²) in [5.74, 6) is 0.712. The molecule has 0 radical (unpaired) electrons. The van der Waals surface area contributed by atoms with E-state index in [0.717, 1.165) is 19.6 Å². The van der Waals surface area contributed by atoms with Gasteiger partial charge in [0.2, 0.25) is 0 Å². The quantitative estimate of drug-likeness (QED) is 0.727.